The van der Waals surface area contributed by atoms with E-state index in [0.717, 1.165) is 27.1 Å². The van der Waals surface area contributed by atoms with Gasteiger partial charge in [0.15, 0.2) is 5.96 Å². The van der Waals surface area contributed by atoms with Crippen LogP contribution in [-0.4, -0.2) is 43.2 Å². The molecule has 1 amide bonds. The van der Waals surface area contributed by atoms with Crippen molar-refractivity contribution in [1.29, 1.82) is 0 Å². The van der Waals surface area contributed by atoms with Gasteiger partial charge in [0.25, 0.3) is 0 Å². The van der Waals surface area contributed by atoms with Gasteiger partial charge in [0.05, 0.1) is 0 Å². The van der Waals surface area contributed by atoms with Crippen LogP contribution in [0.25, 0.3) is 10.1 Å². The minimum atomic E-state index is -0.646. The number of amides is 1. The third-order valence-corrected chi connectivity index (χ3v) is 6.36. The number of carbonyl (C=O) groups excluding carboxylic acids is 1. The van der Waals surface area contributed by atoms with Crippen molar-refractivity contribution in [1.82, 2.24) is 10.6 Å². The molecule has 1 aliphatic heterocycles. The molecule has 0 fully saturated rings. The van der Waals surface area contributed by atoms with Crippen molar-refractivity contribution in [2.45, 2.75) is 19.4 Å². The number of halogens is 1. The molecule has 0 aliphatic carbocycles. The predicted octanol–water partition coefficient (Wildman–Crippen LogP) is 3.70. The summed E-state index contributed by atoms with van der Waals surface area (Å²) in [6, 6.07) is 18.1. The molecule has 1 aliphatic rings. The summed E-state index contributed by atoms with van der Waals surface area (Å²) in [6.45, 7) is 3.72. The molecular weight excluding hydrogens is 523 g/mol. The van der Waals surface area contributed by atoms with Crippen molar-refractivity contribution in [3.63, 3.8) is 0 Å². The van der Waals surface area contributed by atoms with Crippen LogP contribution in [0, 0.1) is 0 Å². The molecule has 1 unspecified atom stereocenters. The van der Waals surface area contributed by atoms with E-state index in [1.807, 2.05) is 49.4 Å². The zero-order valence-electron chi connectivity index (χ0n) is 17.4. The van der Waals surface area contributed by atoms with Crippen molar-refractivity contribution in [3.05, 3.63) is 65.0 Å². The fourth-order valence-corrected chi connectivity index (χ4v) is 4.68. The molecular formula is C23H27IN4O2S. The summed E-state index contributed by atoms with van der Waals surface area (Å²) in [4.78, 5) is 19.8. The molecule has 6 nitrogen and oxygen atoms in total. The zero-order valence-corrected chi connectivity index (χ0v) is 20.5. The van der Waals surface area contributed by atoms with Gasteiger partial charge in [-0.2, -0.15) is 0 Å². The number of nitrogens with one attached hydrogen (secondary N) is 2. The van der Waals surface area contributed by atoms with Crippen LogP contribution in [0.2, 0.25) is 0 Å². The topological polar surface area (TPSA) is 77.0 Å². The third-order valence-electron chi connectivity index (χ3n) is 5.14. The summed E-state index contributed by atoms with van der Waals surface area (Å²) in [5.41, 5.74) is 2.18. The van der Waals surface area contributed by atoms with Crippen LogP contribution in [-0.2, 0) is 11.2 Å². The summed E-state index contributed by atoms with van der Waals surface area (Å²) in [5.74, 6) is 0.501. The number of aliphatic hydroxyl groups is 1. The van der Waals surface area contributed by atoms with Crippen LogP contribution in [0.15, 0.2) is 59.6 Å². The fourth-order valence-electron chi connectivity index (χ4n) is 3.63. The van der Waals surface area contributed by atoms with Crippen LogP contribution in [0.4, 0.5) is 5.69 Å². The number of aliphatic hydroxyl groups excluding tert-OH is 1. The first-order valence-electron chi connectivity index (χ1n) is 10.2. The number of thiophene rings is 1. The van der Waals surface area contributed by atoms with Gasteiger partial charge >= 0.3 is 0 Å². The molecule has 4 rings (SSSR count). The SMILES string of the molecule is CCNC(=NCC(=O)N1CCc2ccccc21)NCC(O)c1cc2ccccc2s1.I. The van der Waals surface area contributed by atoms with E-state index in [4.69, 9.17) is 0 Å². The lowest BCUT2D eigenvalue weighted by atomic mass is 10.2. The molecule has 0 spiro atoms. The number of benzene rings is 2. The Morgan fingerprint density at radius 1 is 1.19 bits per heavy atom. The number of fused-ring (bicyclic) bond motifs is 2. The second-order valence-electron chi connectivity index (χ2n) is 7.20. The van der Waals surface area contributed by atoms with Gasteiger partial charge < -0.3 is 20.6 Å². The standard InChI is InChI=1S/C23H26N4O2S.HI/c1-2-24-23(25-14-19(28)21-13-17-8-4-6-10-20(17)30-21)26-15-22(29)27-12-11-16-7-3-5-9-18(16)27;/h3-10,13,19,28H,2,11-12,14-15H2,1H3,(H2,24,25,26);1H. The first kappa shape index (κ1) is 23.5. The Bertz CT molecular complexity index is 1040. The van der Waals surface area contributed by atoms with Gasteiger partial charge in [-0.3, -0.25) is 4.79 Å². The van der Waals surface area contributed by atoms with Crippen LogP contribution in [0.5, 0.6) is 0 Å². The summed E-state index contributed by atoms with van der Waals surface area (Å²) < 4.78 is 1.16. The molecule has 1 aromatic heterocycles. The van der Waals surface area contributed by atoms with Gasteiger partial charge in [-0.1, -0.05) is 36.4 Å². The first-order valence-corrected chi connectivity index (χ1v) is 11.0. The van der Waals surface area contributed by atoms with Crippen molar-refractivity contribution >= 4 is 63.0 Å². The van der Waals surface area contributed by atoms with Gasteiger partial charge in [0.2, 0.25) is 5.91 Å². The second-order valence-corrected chi connectivity index (χ2v) is 8.32. The van der Waals surface area contributed by atoms with E-state index in [1.54, 1.807) is 16.2 Å². The minimum absolute atomic E-state index is 0. The Labute approximate surface area is 203 Å². The van der Waals surface area contributed by atoms with Gasteiger partial charge in [-0.15, -0.1) is 35.3 Å². The van der Waals surface area contributed by atoms with Crippen LogP contribution >= 0.6 is 35.3 Å². The van der Waals surface area contributed by atoms with E-state index < -0.39 is 6.10 Å². The first-order chi connectivity index (χ1) is 14.7. The predicted molar refractivity (Wildman–Crippen MR) is 139 cm³/mol. The average Bonchev–Trinajstić information content (AvgIpc) is 3.39. The molecule has 1 atom stereocenters. The number of guanidine groups is 1. The monoisotopic (exact) mass is 550 g/mol. The molecule has 0 saturated carbocycles. The lowest BCUT2D eigenvalue weighted by Crippen LogP contribution is -2.40. The number of aliphatic imine (C=N–C) groups is 1. The van der Waals surface area contributed by atoms with Crippen molar-refractivity contribution in [2.24, 2.45) is 4.99 Å². The molecule has 8 heteroatoms. The Hall–Kier alpha value is -2.17. The third kappa shape index (κ3) is 5.55. The quantitative estimate of drug-likeness (QED) is 0.249. The molecule has 3 N–H and O–H groups in total. The average molecular weight is 550 g/mol. The minimum Gasteiger partial charge on any atom is -0.386 e. The summed E-state index contributed by atoms with van der Waals surface area (Å²) in [6.07, 6.45) is 0.234. The maximum Gasteiger partial charge on any atom is 0.248 e. The maximum atomic E-state index is 12.7. The molecule has 2 aromatic carbocycles. The van der Waals surface area contributed by atoms with Crippen LogP contribution in [0.3, 0.4) is 0 Å². The maximum absolute atomic E-state index is 12.7. The number of anilines is 1. The van der Waals surface area contributed by atoms with Crippen molar-refractivity contribution < 1.29 is 9.90 Å². The molecule has 0 radical (unpaired) electrons. The van der Waals surface area contributed by atoms with Gasteiger partial charge in [-0.25, -0.2) is 4.99 Å². The Morgan fingerprint density at radius 2 is 1.97 bits per heavy atom. The van der Waals surface area contributed by atoms with Crippen molar-refractivity contribution in [3.8, 4) is 0 Å². The highest BCUT2D eigenvalue weighted by Crippen LogP contribution is 2.29. The highest BCUT2D eigenvalue weighted by Gasteiger charge is 2.23. The number of nitrogens with zero attached hydrogens (tertiary/aromatic N) is 2. The van der Waals surface area contributed by atoms with Gasteiger partial charge in [-0.05, 0) is 42.5 Å². The number of rotatable bonds is 6. The molecule has 164 valence electrons. The Balaban J connectivity index is 0.00000272. The fraction of sp³-hybridized carbons (Fsp3) is 0.304. The van der Waals surface area contributed by atoms with E-state index >= 15 is 0 Å². The van der Waals surface area contributed by atoms with Crippen molar-refractivity contribution in [2.75, 3.05) is 31.1 Å². The lowest BCUT2D eigenvalue weighted by molar-refractivity contribution is -0.117. The number of para-hydroxylation sites is 1. The zero-order chi connectivity index (χ0) is 20.9. The summed E-state index contributed by atoms with van der Waals surface area (Å²) in [5, 5.41) is 18.0. The Kier molecular flexibility index (Phi) is 8.28. The highest BCUT2D eigenvalue weighted by atomic mass is 127. The van der Waals surface area contributed by atoms with E-state index in [2.05, 4.69) is 27.8 Å². The number of hydrogen-bond donors (Lipinski definition) is 3. The van der Waals surface area contributed by atoms with Crippen LogP contribution < -0.4 is 15.5 Å². The molecule has 0 bridgehead atoms. The Morgan fingerprint density at radius 3 is 2.77 bits per heavy atom. The van der Waals surface area contributed by atoms with E-state index in [9.17, 15) is 9.90 Å². The number of hydrogen-bond acceptors (Lipinski definition) is 4. The van der Waals surface area contributed by atoms with E-state index in [-0.39, 0.29) is 36.4 Å². The van der Waals surface area contributed by atoms with E-state index in [0.29, 0.717) is 25.6 Å². The normalized spacial score (nSPS) is 14.1. The summed E-state index contributed by atoms with van der Waals surface area (Å²) in [7, 11) is 0. The van der Waals surface area contributed by atoms with E-state index in [1.165, 1.54) is 5.56 Å². The van der Waals surface area contributed by atoms with Crippen LogP contribution in [0.1, 0.15) is 23.5 Å². The smallest absolute Gasteiger partial charge is 0.248 e. The highest BCUT2D eigenvalue weighted by molar-refractivity contribution is 14.0. The molecule has 0 saturated heterocycles. The molecule has 31 heavy (non-hydrogen) atoms. The van der Waals surface area contributed by atoms with Gasteiger partial charge in [0, 0.05) is 34.9 Å². The largest absolute Gasteiger partial charge is 0.386 e. The van der Waals surface area contributed by atoms with Gasteiger partial charge in [0.1, 0.15) is 12.6 Å². The molecule has 2 heterocycles. The lowest BCUT2D eigenvalue weighted by Gasteiger charge is -2.17. The second kappa shape index (κ2) is 10.9. The number of carbonyl (C=O) groups is 1. The molecule has 3 aromatic rings. The summed E-state index contributed by atoms with van der Waals surface area (Å²) >= 11 is 1.59.